The zero-order valence-electron chi connectivity index (χ0n) is 14.4. The van der Waals surface area contributed by atoms with Crippen molar-refractivity contribution in [1.29, 1.82) is 5.26 Å². The minimum Gasteiger partial charge on any atom is -0.481 e. The van der Waals surface area contributed by atoms with Crippen LogP contribution in [0.15, 0.2) is 58.7 Å². The highest BCUT2D eigenvalue weighted by Crippen LogP contribution is 2.23. The van der Waals surface area contributed by atoms with Crippen LogP contribution in [-0.4, -0.2) is 33.6 Å². The third-order valence-corrected chi connectivity index (χ3v) is 4.64. The number of hydrogen-bond donors (Lipinski definition) is 2. The van der Waals surface area contributed by atoms with Crippen molar-refractivity contribution in [1.82, 2.24) is 5.32 Å². The molecule has 1 aliphatic heterocycles. The fraction of sp³-hybridized carbons (Fsp3) is 0.105. The van der Waals surface area contributed by atoms with E-state index in [9.17, 15) is 9.59 Å². The van der Waals surface area contributed by atoms with E-state index in [0.717, 1.165) is 17.3 Å². The Morgan fingerprint density at radius 2 is 2.07 bits per heavy atom. The van der Waals surface area contributed by atoms with Crippen LogP contribution in [-0.2, 0) is 9.59 Å². The fourth-order valence-electron chi connectivity index (χ4n) is 2.29. The molecule has 0 aromatic heterocycles. The number of carboxylic acid groups (broad SMARTS) is 1. The van der Waals surface area contributed by atoms with Gasteiger partial charge in [0.2, 0.25) is 5.91 Å². The van der Waals surface area contributed by atoms with Crippen LogP contribution in [0.5, 0.6) is 11.5 Å². The topological polar surface area (TPSA) is 124 Å². The van der Waals surface area contributed by atoms with E-state index in [2.05, 4.69) is 15.5 Å². The smallest absolute Gasteiger partial charge is 0.305 e. The molecule has 0 bridgehead atoms. The summed E-state index contributed by atoms with van der Waals surface area (Å²) in [6.07, 6.45) is 1.23. The number of rotatable bonds is 6. The molecule has 2 aromatic carbocycles. The molecule has 8 nitrogen and oxygen atoms in total. The molecule has 1 heterocycles. The zero-order chi connectivity index (χ0) is 19.9. The normalized spacial score (nSPS) is 17.5. The Morgan fingerprint density at radius 3 is 2.79 bits per heavy atom. The molecule has 0 spiro atoms. The lowest BCUT2D eigenvalue weighted by atomic mass is 10.2. The third-order valence-electron chi connectivity index (χ3n) is 3.57. The predicted molar refractivity (Wildman–Crippen MR) is 104 cm³/mol. The number of nitrogens with one attached hydrogen (secondary N) is 1. The van der Waals surface area contributed by atoms with Gasteiger partial charge in [-0.15, -0.1) is 5.10 Å². The zero-order valence-corrected chi connectivity index (χ0v) is 15.2. The Morgan fingerprint density at radius 1 is 1.29 bits per heavy atom. The Balaban J connectivity index is 1.63. The number of carbonyl (C=O) groups is 2. The van der Waals surface area contributed by atoms with Gasteiger partial charge in [0.05, 0.1) is 24.3 Å². The Labute approximate surface area is 164 Å². The first kappa shape index (κ1) is 19.1. The molecule has 0 saturated carbocycles. The van der Waals surface area contributed by atoms with Crippen LogP contribution in [0.2, 0.25) is 0 Å². The summed E-state index contributed by atoms with van der Waals surface area (Å²) >= 11 is 1.04. The van der Waals surface area contributed by atoms with E-state index in [-0.39, 0.29) is 17.5 Å². The number of hydrogen-bond acceptors (Lipinski definition) is 7. The summed E-state index contributed by atoms with van der Waals surface area (Å²) in [5, 5.41) is 27.5. The number of carboxylic acids is 1. The van der Waals surface area contributed by atoms with Gasteiger partial charge < -0.3 is 15.2 Å². The van der Waals surface area contributed by atoms with E-state index in [0.29, 0.717) is 17.1 Å². The molecule has 0 radical (unpaired) electrons. The van der Waals surface area contributed by atoms with E-state index in [1.54, 1.807) is 42.5 Å². The van der Waals surface area contributed by atoms with Gasteiger partial charge in [-0.25, -0.2) is 0 Å². The minimum atomic E-state index is -1.04. The number of amidine groups is 1. The maximum atomic E-state index is 11.6. The summed E-state index contributed by atoms with van der Waals surface area (Å²) in [5.74, 6) is -0.245. The van der Waals surface area contributed by atoms with E-state index >= 15 is 0 Å². The molecule has 3 rings (SSSR count). The quantitative estimate of drug-likeness (QED) is 0.573. The van der Waals surface area contributed by atoms with E-state index < -0.39 is 11.2 Å². The second-order valence-corrected chi connectivity index (χ2v) is 6.85. The van der Waals surface area contributed by atoms with Gasteiger partial charge in [-0.1, -0.05) is 23.9 Å². The summed E-state index contributed by atoms with van der Waals surface area (Å²) < 4.78 is 5.74. The van der Waals surface area contributed by atoms with Gasteiger partial charge in [0.15, 0.2) is 5.17 Å². The average molecular weight is 394 g/mol. The molecule has 140 valence electrons. The second-order valence-electron chi connectivity index (χ2n) is 5.65. The number of carbonyl (C=O) groups excluding carboxylic acids is 1. The maximum absolute atomic E-state index is 11.6. The van der Waals surface area contributed by atoms with Gasteiger partial charge in [-0.3, -0.25) is 9.59 Å². The first-order valence-electron chi connectivity index (χ1n) is 8.12. The number of amides is 1. The molecule has 2 aromatic rings. The molecule has 2 N–H and O–H groups in total. The van der Waals surface area contributed by atoms with Gasteiger partial charge in [0, 0.05) is 0 Å². The van der Waals surface area contributed by atoms with Crippen LogP contribution >= 0.6 is 11.8 Å². The van der Waals surface area contributed by atoms with E-state index in [1.165, 1.54) is 6.21 Å². The molecule has 0 aliphatic carbocycles. The van der Waals surface area contributed by atoms with Crippen molar-refractivity contribution >= 4 is 35.0 Å². The van der Waals surface area contributed by atoms with Crippen molar-refractivity contribution in [3.63, 3.8) is 0 Å². The molecule has 1 fully saturated rings. The summed E-state index contributed by atoms with van der Waals surface area (Å²) in [6, 6.07) is 15.9. The van der Waals surface area contributed by atoms with Crippen LogP contribution < -0.4 is 10.1 Å². The fourth-order valence-corrected chi connectivity index (χ4v) is 3.20. The van der Waals surface area contributed by atoms with Crippen molar-refractivity contribution in [2.75, 3.05) is 0 Å². The van der Waals surface area contributed by atoms with Gasteiger partial charge in [0.25, 0.3) is 0 Å². The van der Waals surface area contributed by atoms with Crippen molar-refractivity contribution in [3.8, 4) is 17.6 Å². The number of ether oxygens (including phenoxy) is 1. The van der Waals surface area contributed by atoms with Crippen molar-refractivity contribution in [3.05, 3.63) is 59.7 Å². The molecule has 1 unspecified atom stereocenters. The molecular weight excluding hydrogens is 380 g/mol. The molecule has 9 heteroatoms. The molecule has 1 saturated heterocycles. The van der Waals surface area contributed by atoms with Gasteiger partial charge in [0.1, 0.15) is 16.7 Å². The van der Waals surface area contributed by atoms with Crippen LogP contribution in [0.4, 0.5) is 0 Å². The first-order chi connectivity index (χ1) is 13.5. The lowest BCUT2D eigenvalue weighted by molar-refractivity contribution is -0.138. The molecule has 28 heavy (non-hydrogen) atoms. The highest BCUT2D eigenvalue weighted by Gasteiger charge is 2.32. The van der Waals surface area contributed by atoms with E-state index in [4.69, 9.17) is 15.1 Å². The van der Waals surface area contributed by atoms with Gasteiger partial charge in [-0.05, 0) is 42.0 Å². The summed E-state index contributed by atoms with van der Waals surface area (Å²) in [5.41, 5.74) is 1.28. The summed E-state index contributed by atoms with van der Waals surface area (Å²) in [6.45, 7) is 0. The summed E-state index contributed by atoms with van der Waals surface area (Å²) in [4.78, 5) is 22.4. The molecule has 1 amide bonds. The van der Waals surface area contributed by atoms with Gasteiger partial charge >= 0.3 is 5.97 Å². The standard InChI is InChI=1S/C19H14N4O4S/c20-10-12-4-6-14(7-5-12)27-15-3-1-2-13(8-15)11-21-23-19-22-18(26)16(28-19)9-17(24)25/h1-8,11,16H,9H2,(H,24,25)(H,22,23,26). The Bertz CT molecular complexity index is 996. The Kier molecular flexibility index (Phi) is 6.04. The number of thioether (sulfide) groups is 1. The number of benzene rings is 2. The highest BCUT2D eigenvalue weighted by molar-refractivity contribution is 8.15. The monoisotopic (exact) mass is 394 g/mol. The highest BCUT2D eigenvalue weighted by atomic mass is 32.2. The molecule has 1 atom stereocenters. The van der Waals surface area contributed by atoms with Crippen LogP contribution in [0.1, 0.15) is 17.5 Å². The van der Waals surface area contributed by atoms with Crippen molar-refractivity contribution < 1.29 is 19.4 Å². The van der Waals surface area contributed by atoms with Crippen molar-refractivity contribution in [2.45, 2.75) is 11.7 Å². The average Bonchev–Trinajstić information content (AvgIpc) is 3.01. The van der Waals surface area contributed by atoms with Crippen LogP contribution in [0.3, 0.4) is 0 Å². The van der Waals surface area contributed by atoms with Crippen LogP contribution in [0.25, 0.3) is 0 Å². The predicted octanol–water partition coefficient (Wildman–Crippen LogP) is 2.75. The number of aliphatic carboxylic acids is 1. The number of nitrogens with zero attached hydrogens (tertiary/aromatic N) is 3. The lowest BCUT2D eigenvalue weighted by Gasteiger charge is -2.06. The largest absolute Gasteiger partial charge is 0.481 e. The SMILES string of the molecule is N#Cc1ccc(Oc2cccc(C=NN=C3NC(=O)C(CC(=O)O)S3)c2)cc1. The molecular formula is C19H14N4O4S. The lowest BCUT2D eigenvalue weighted by Crippen LogP contribution is -2.26. The molecule has 1 aliphatic rings. The second kappa shape index (κ2) is 8.83. The van der Waals surface area contributed by atoms with Crippen LogP contribution in [0, 0.1) is 11.3 Å². The van der Waals surface area contributed by atoms with E-state index in [1.807, 2.05) is 12.1 Å². The first-order valence-corrected chi connectivity index (χ1v) is 9.00. The van der Waals surface area contributed by atoms with Gasteiger partial charge in [-0.2, -0.15) is 10.4 Å². The van der Waals surface area contributed by atoms with Crippen molar-refractivity contribution in [2.24, 2.45) is 10.2 Å². The maximum Gasteiger partial charge on any atom is 0.305 e. The summed E-state index contributed by atoms with van der Waals surface area (Å²) in [7, 11) is 0. The number of nitriles is 1. The Hall–Kier alpha value is -3.64. The third kappa shape index (κ3) is 5.18. The minimum absolute atomic E-state index is 0.262.